The number of nitrogens with two attached hydrogens (primary N) is 2. The lowest BCUT2D eigenvalue weighted by Crippen LogP contribution is -2.26. The van der Waals surface area contributed by atoms with E-state index in [0.29, 0.717) is 23.5 Å². The average molecular weight is 251 g/mol. The van der Waals surface area contributed by atoms with Crippen LogP contribution in [0.25, 0.3) is 0 Å². The first-order valence-electron chi connectivity index (χ1n) is 5.27. The van der Waals surface area contributed by atoms with E-state index in [-0.39, 0.29) is 5.91 Å². The normalized spacial score (nSPS) is 9.88. The van der Waals surface area contributed by atoms with Crippen LogP contribution in [-0.4, -0.2) is 24.0 Å². The highest BCUT2D eigenvalue weighted by molar-refractivity contribution is 7.99. The van der Waals surface area contributed by atoms with Crippen molar-refractivity contribution in [3.63, 3.8) is 0 Å². The number of carbonyl (C=O) groups is 1. The SMILES string of the molecule is C=CCSCCNC(=O)c1ccc(N)cc1N. The highest BCUT2D eigenvalue weighted by Gasteiger charge is 2.08. The summed E-state index contributed by atoms with van der Waals surface area (Å²) >= 11 is 1.71. The van der Waals surface area contributed by atoms with Crippen LogP contribution < -0.4 is 16.8 Å². The number of hydrogen-bond donors (Lipinski definition) is 3. The molecule has 1 amide bonds. The van der Waals surface area contributed by atoms with Gasteiger partial charge in [-0.05, 0) is 18.2 Å². The summed E-state index contributed by atoms with van der Waals surface area (Å²) in [5.41, 5.74) is 12.7. The van der Waals surface area contributed by atoms with E-state index in [0.717, 1.165) is 11.5 Å². The van der Waals surface area contributed by atoms with Crippen molar-refractivity contribution in [2.24, 2.45) is 0 Å². The summed E-state index contributed by atoms with van der Waals surface area (Å²) in [6, 6.07) is 4.88. The smallest absolute Gasteiger partial charge is 0.253 e. The maximum atomic E-state index is 11.7. The molecule has 0 bridgehead atoms. The number of rotatable bonds is 6. The van der Waals surface area contributed by atoms with Gasteiger partial charge in [0.05, 0.1) is 5.56 Å². The van der Waals surface area contributed by atoms with Gasteiger partial charge < -0.3 is 16.8 Å². The van der Waals surface area contributed by atoms with E-state index in [1.165, 1.54) is 0 Å². The van der Waals surface area contributed by atoms with E-state index in [9.17, 15) is 4.79 Å². The number of nitrogen functional groups attached to an aromatic ring is 2. The van der Waals surface area contributed by atoms with Gasteiger partial charge in [-0.25, -0.2) is 0 Å². The molecule has 0 heterocycles. The molecule has 0 unspecified atom stereocenters. The summed E-state index contributed by atoms with van der Waals surface area (Å²) in [6.45, 7) is 4.24. The summed E-state index contributed by atoms with van der Waals surface area (Å²) in [5, 5.41) is 2.80. The van der Waals surface area contributed by atoms with E-state index >= 15 is 0 Å². The topological polar surface area (TPSA) is 81.1 Å². The largest absolute Gasteiger partial charge is 0.399 e. The average Bonchev–Trinajstić information content (AvgIpc) is 2.28. The van der Waals surface area contributed by atoms with Crippen molar-refractivity contribution < 1.29 is 4.79 Å². The van der Waals surface area contributed by atoms with E-state index in [2.05, 4.69) is 11.9 Å². The van der Waals surface area contributed by atoms with Gasteiger partial charge in [-0.2, -0.15) is 11.8 Å². The number of anilines is 2. The van der Waals surface area contributed by atoms with Crippen LogP contribution in [0.1, 0.15) is 10.4 Å². The lowest BCUT2D eigenvalue weighted by atomic mass is 10.1. The maximum absolute atomic E-state index is 11.7. The highest BCUT2D eigenvalue weighted by atomic mass is 32.2. The quantitative estimate of drug-likeness (QED) is 0.406. The van der Waals surface area contributed by atoms with Gasteiger partial charge in [-0.3, -0.25) is 4.79 Å². The molecule has 4 nitrogen and oxygen atoms in total. The number of amides is 1. The van der Waals surface area contributed by atoms with Crippen LogP contribution in [0.2, 0.25) is 0 Å². The Kier molecular flexibility index (Phi) is 5.42. The fraction of sp³-hybridized carbons (Fsp3) is 0.250. The molecule has 0 radical (unpaired) electrons. The molecule has 0 saturated heterocycles. The zero-order valence-electron chi connectivity index (χ0n) is 9.61. The molecule has 92 valence electrons. The van der Waals surface area contributed by atoms with Crippen molar-refractivity contribution in [2.45, 2.75) is 0 Å². The molecule has 0 atom stereocenters. The molecule has 0 spiro atoms. The predicted octanol–water partition coefficient (Wildman–Crippen LogP) is 1.50. The van der Waals surface area contributed by atoms with Gasteiger partial charge in [0, 0.05) is 29.4 Å². The first-order chi connectivity index (χ1) is 8.15. The second-order valence-corrected chi connectivity index (χ2v) is 4.62. The van der Waals surface area contributed by atoms with Crippen LogP contribution in [0.15, 0.2) is 30.9 Å². The standard InChI is InChI=1S/C12H17N3OS/c1-2-6-17-7-5-15-12(16)10-4-3-9(13)8-11(10)14/h2-4,8H,1,5-7,13-14H2,(H,15,16). The molecular weight excluding hydrogens is 234 g/mol. The number of thioether (sulfide) groups is 1. The number of carbonyl (C=O) groups excluding carboxylic acids is 1. The van der Waals surface area contributed by atoms with E-state index < -0.39 is 0 Å². The Bertz CT molecular complexity index is 407. The van der Waals surface area contributed by atoms with Crippen LogP contribution in [0.5, 0.6) is 0 Å². The Morgan fingerprint density at radius 1 is 1.47 bits per heavy atom. The second-order valence-electron chi connectivity index (χ2n) is 3.47. The Labute approximate surface area is 105 Å². The molecule has 1 aromatic rings. The lowest BCUT2D eigenvalue weighted by Gasteiger charge is -2.07. The molecule has 0 fully saturated rings. The van der Waals surface area contributed by atoms with Crippen molar-refractivity contribution in [1.29, 1.82) is 0 Å². The van der Waals surface area contributed by atoms with Gasteiger partial charge in [-0.15, -0.1) is 6.58 Å². The molecule has 0 aliphatic carbocycles. The van der Waals surface area contributed by atoms with Crippen molar-refractivity contribution >= 4 is 29.0 Å². The molecule has 17 heavy (non-hydrogen) atoms. The molecule has 0 aromatic heterocycles. The Morgan fingerprint density at radius 2 is 2.24 bits per heavy atom. The molecule has 1 rings (SSSR count). The van der Waals surface area contributed by atoms with Gasteiger partial charge in [-0.1, -0.05) is 6.08 Å². The number of hydrogen-bond acceptors (Lipinski definition) is 4. The summed E-state index contributed by atoms with van der Waals surface area (Å²) in [7, 11) is 0. The first-order valence-corrected chi connectivity index (χ1v) is 6.42. The van der Waals surface area contributed by atoms with E-state index in [4.69, 9.17) is 11.5 Å². The fourth-order valence-corrected chi connectivity index (χ4v) is 1.87. The first kappa shape index (κ1) is 13.4. The van der Waals surface area contributed by atoms with Crippen LogP contribution >= 0.6 is 11.8 Å². The van der Waals surface area contributed by atoms with Crippen LogP contribution in [-0.2, 0) is 0 Å². The Hall–Kier alpha value is -1.62. The minimum atomic E-state index is -0.165. The molecule has 0 aliphatic rings. The van der Waals surface area contributed by atoms with Crippen LogP contribution in [0.4, 0.5) is 11.4 Å². The number of benzene rings is 1. The maximum Gasteiger partial charge on any atom is 0.253 e. The van der Waals surface area contributed by atoms with Gasteiger partial charge in [0.1, 0.15) is 0 Å². The molecule has 0 aliphatic heterocycles. The molecule has 1 aromatic carbocycles. The monoisotopic (exact) mass is 251 g/mol. The van der Waals surface area contributed by atoms with E-state index in [1.54, 1.807) is 30.0 Å². The molecule has 5 N–H and O–H groups in total. The van der Waals surface area contributed by atoms with E-state index in [1.807, 2.05) is 6.08 Å². The van der Waals surface area contributed by atoms with Gasteiger partial charge in [0.25, 0.3) is 5.91 Å². The van der Waals surface area contributed by atoms with Gasteiger partial charge in [0.2, 0.25) is 0 Å². The predicted molar refractivity (Wildman–Crippen MR) is 75.1 cm³/mol. The Balaban J connectivity index is 2.44. The number of nitrogens with one attached hydrogen (secondary N) is 1. The summed E-state index contributed by atoms with van der Waals surface area (Å²) < 4.78 is 0. The van der Waals surface area contributed by atoms with Crippen LogP contribution in [0, 0.1) is 0 Å². The summed E-state index contributed by atoms with van der Waals surface area (Å²) in [6.07, 6.45) is 1.84. The minimum absolute atomic E-state index is 0.165. The highest BCUT2D eigenvalue weighted by Crippen LogP contribution is 2.15. The minimum Gasteiger partial charge on any atom is -0.399 e. The second kappa shape index (κ2) is 6.85. The Morgan fingerprint density at radius 3 is 2.88 bits per heavy atom. The van der Waals surface area contributed by atoms with Crippen molar-refractivity contribution in [1.82, 2.24) is 5.32 Å². The third-order valence-electron chi connectivity index (χ3n) is 2.09. The fourth-order valence-electron chi connectivity index (χ4n) is 1.29. The summed E-state index contributed by atoms with van der Waals surface area (Å²) in [5.74, 6) is 1.58. The zero-order valence-corrected chi connectivity index (χ0v) is 10.4. The third kappa shape index (κ3) is 4.40. The zero-order chi connectivity index (χ0) is 12.7. The van der Waals surface area contributed by atoms with Crippen molar-refractivity contribution in [2.75, 3.05) is 29.5 Å². The molecule has 0 saturated carbocycles. The van der Waals surface area contributed by atoms with Crippen molar-refractivity contribution in [3.05, 3.63) is 36.4 Å². The lowest BCUT2D eigenvalue weighted by molar-refractivity contribution is 0.0957. The summed E-state index contributed by atoms with van der Waals surface area (Å²) in [4.78, 5) is 11.7. The van der Waals surface area contributed by atoms with Gasteiger partial charge >= 0.3 is 0 Å². The van der Waals surface area contributed by atoms with Crippen molar-refractivity contribution in [3.8, 4) is 0 Å². The molecular formula is C12H17N3OS. The van der Waals surface area contributed by atoms with Gasteiger partial charge in [0.15, 0.2) is 0 Å². The molecule has 5 heteroatoms. The van der Waals surface area contributed by atoms with Crippen LogP contribution in [0.3, 0.4) is 0 Å². The third-order valence-corrected chi connectivity index (χ3v) is 3.05.